The summed E-state index contributed by atoms with van der Waals surface area (Å²) < 4.78 is 37.9. The van der Waals surface area contributed by atoms with E-state index in [4.69, 9.17) is 43.2 Å². The summed E-state index contributed by atoms with van der Waals surface area (Å²) in [5.41, 5.74) is 18.9. The minimum atomic E-state index is -4.47. The molecular formula is C22H35ClN12O6P2. The molecule has 236 valence electrons. The van der Waals surface area contributed by atoms with Crippen LogP contribution in [0.15, 0.2) is 12.7 Å². The quantitative estimate of drug-likeness (QED) is 0.145. The van der Waals surface area contributed by atoms with E-state index in [2.05, 4.69) is 29.9 Å². The smallest absolute Gasteiger partial charge is 0.224 e. The number of aromatic nitrogens is 8. The number of nitrogen functional groups attached to an aromatic ring is 3. The molecule has 4 aromatic rings. The van der Waals surface area contributed by atoms with E-state index in [-0.39, 0.29) is 53.5 Å². The highest BCUT2D eigenvalue weighted by Crippen LogP contribution is 2.49. The van der Waals surface area contributed by atoms with Crippen LogP contribution in [0.25, 0.3) is 22.3 Å². The van der Waals surface area contributed by atoms with E-state index in [1.807, 2.05) is 4.57 Å². The van der Waals surface area contributed by atoms with E-state index in [9.17, 15) is 14.0 Å². The van der Waals surface area contributed by atoms with Gasteiger partial charge in [-0.25, -0.2) is 9.97 Å². The summed E-state index contributed by atoms with van der Waals surface area (Å²) in [6.45, 7) is 4.45. The van der Waals surface area contributed by atoms with Gasteiger partial charge in [0.05, 0.1) is 38.0 Å². The molecule has 0 bridgehead atoms. The Labute approximate surface area is 250 Å². The normalized spacial score (nSPS) is 23.6. The zero-order valence-corrected chi connectivity index (χ0v) is 26.3. The van der Waals surface area contributed by atoms with Crippen LogP contribution in [-0.2, 0) is 31.7 Å². The van der Waals surface area contributed by atoms with Crippen molar-refractivity contribution in [2.45, 2.75) is 62.7 Å². The molecule has 0 amide bonds. The zero-order valence-electron chi connectivity index (χ0n) is 23.8. The second kappa shape index (κ2) is 12.6. The topological polar surface area (TPSA) is 298 Å². The lowest BCUT2D eigenvalue weighted by Crippen LogP contribution is -2.20. The number of nitrogens with two attached hydrogens (primary N) is 3. The first-order valence-corrected chi connectivity index (χ1v) is 17.6. The molecule has 21 heteroatoms. The molecule has 11 N–H and O–H groups in total. The Morgan fingerprint density at radius 2 is 1.37 bits per heavy atom. The molecule has 43 heavy (non-hydrogen) atoms. The Bertz CT molecular complexity index is 1580. The molecule has 18 nitrogen and oxygen atoms in total. The zero-order chi connectivity index (χ0) is 30.4. The lowest BCUT2D eigenvalue weighted by atomic mass is 10.2. The summed E-state index contributed by atoms with van der Waals surface area (Å²) in [5.74, 6) is -0.971. The monoisotopic (exact) mass is 660 g/mol. The van der Waals surface area contributed by atoms with Gasteiger partial charge in [-0.05, 0) is 39.0 Å². The maximum absolute atomic E-state index is 12.1. The van der Waals surface area contributed by atoms with Crippen LogP contribution >= 0.6 is 26.3 Å². The van der Waals surface area contributed by atoms with Crippen molar-refractivity contribution in [3.63, 3.8) is 0 Å². The summed E-state index contributed by atoms with van der Waals surface area (Å²) in [4.78, 5) is 44.3. The molecule has 2 aliphatic rings. The molecule has 0 radical (unpaired) electrons. The van der Waals surface area contributed by atoms with Crippen molar-refractivity contribution in [1.82, 2.24) is 45.2 Å². The fraction of sp³-hybridized carbons (Fsp3) is 0.545. The molecule has 4 aromatic heterocycles. The van der Waals surface area contributed by atoms with Gasteiger partial charge in [0.2, 0.25) is 11.9 Å². The van der Waals surface area contributed by atoms with Crippen molar-refractivity contribution >= 4 is 66.4 Å². The first kappa shape index (κ1) is 33.0. The lowest BCUT2D eigenvalue weighted by Gasteiger charge is -2.23. The Morgan fingerprint density at radius 1 is 0.884 bits per heavy atom. The summed E-state index contributed by atoms with van der Waals surface area (Å²) >= 11 is 6.00. The van der Waals surface area contributed by atoms with Gasteiger partial charge in [0.15, 0.2) is 29.9 Å². The molecule has 2 saturated heterocycles. The van der Waals surface area contributed by atoms with Crippen molar-refractivity contribution in [3.05, 3.63) is 17.8 Å². The number of ether oxygens (including phenoxy) is 2. The van der Waals surface area contributed by atoms with Crippen molar-refractivity contribution in [2.75, 3.05) is 30.5 Å². The van der Waals surface area contributed by atoms with Gasteiger partial charge < -0.3 is 60.9 Å². The highest BCUT2D eigenvalue weighted by molar-refractivity contribution is 7.62. The number of nitrogens with zero attached hydrogens (tertiary/aromatic N) is 8. The number of rotatable bonds is 6. The summed E-state index contributed by atoms with van der Waals surface area (Å²) in [5, 5.41) is 0.244. The summed E-state index contributed by atoms with van der Waals surface area (Å²) in [7, 11) is -6.69. The Balaban J connectivity index is 0.000000192. The third kappa shape index (κ3) is 7.41. The van der Waals surface area contributed by atoms with Crippen LogP contribution in [0.5, 0.6) is 0 Å². The molecule has 0 spiro atoms. The van der Waals surface area contributed by atoms with Crippen molar-refractivity contribution < 1.29 is 28.4 Å². The average molecular weight is 661 g/mol. The molecule has 0 saturated carbocycles. The van der Waals surface area contributed by atoms with E-state index >= 15 is 0 Å². The molecule has 2 aliphatic heterocycles. The molecule has 0 aliphatic carbocycles. The van der Waals surface area contributed by atoms with E-state index in [1.54, 1.807) is 24.2 Å². The number of hydrogen-bond acceptors (Lipinski definition) is 14. The fourth-order valence-electron chi connectivity index (χ4n) is 4.95. The molecule has 5 atom stereocenters. The number of fused-ring (bicyclic) bond motifs is 2. The Kier molecular flexibility index (Phi) is 9.64. The van der Waals surface area contributed by atoms with Gasteiger partial charge in [-0.1, -0.05) is 11.6 Å². The van der Waals surface area contributed by atoms with Crippen LogP contribution in [0, 0.1) is 0 Å². The SMILES string of the molecule is CP(C)(=O)[C@H]1CC[C@H](Cn2cnc3c(Cl)nc(N)nc32)O1.Nc1nc(N)c2ncn(C[C@H]3CCC(P(=O)([O-])O)O3)c2n1.[NH4+]. The summed E-state index contributed by atoms with van der Waals surface area (Å²) in [6, 6.07) is 0. The predicted molar refractivity (Wildman–Crippen MR) is 160 cm³/mol. The van der Waals surface area contributed by atoms with Crippen LogP contribution in [0.3, 0.4) is 0 Å². The summed E-state index contributed by atoms with van der Waals surface area (Å²) in [6.07, 6.45) is 5.25. The first-order valence-electron chi connectivity index (χ1n) is 13.0. The molecule has 2 unspecified atom stereocenters. The lowest BCUT2D eigenvalue weighted by molar-refractivity contribution is -0.204. The second-order valence-corrected chi connectivity index (χ2v) is 16.1. The van der Waals surface area contributed by atoms with Crippen LogP contribution in [0.4, 0.5) is 17.7 Å². The van der Waals surface area contributed by atoms with E-state index < -0.39 is 20.6 Å². The standard InChI is InChI=1S/C12H17ClN5O2P.C10H15N6O4P.H3N/c1-21(2,19)8-4-3-7(20-8)5-18-6-15-9-10(13)16-12(14)17-11(9)18;11-8-7-9(15-10(12)14-8)16(4-13-7)3-5-1-2-6(20-5)21(17,18)19;/h6-8H,3-5H2,1-2H3,(H2,14,16,17);4-6H,1-3H2,(H2,17,18,19)(H4,11,12,14,15);1H3/t7-,8+;5-,6?;/m11./s1. The third-order valence-electron chi connectivity index (χ3n) is 6.98. The first-order chi connectivity index (χ1) is 19.7. The van der Waals surface area contributed by atoms with E-state index in [1.165, 1.54) is 6.33 Å². The minimum Gasteiger partial charge on any atom is -0.777 e. The largest absolute Gasteiger partial charge is 0.777 e. The highest BCUT2D eigenvalue weighted by Gasteiger charge is 2.34. The van der Waals surface area contributed by atoms with Gasteiger partial charge in [0.25, 0.3) is 0 Å². The molecule has 2 fully saturated rings. The van der Waals surface area contributed by atoms with Crippen LogP contribution < -0.4 is 28.2 Å². The van der Waals surface area contributed by atoms with E-state index in [0.717, 1.165) is 12.8 Å². The number of halogens is 1. The predicted octanol–water partition coefficient (Wildman–Crippen LogP) is 1.61. The number of hydrogen-bond donors (Lipinski definition) is 5. The van der Waals surface area contributed by atoms with Crippen LogP contribution in [-0.4, -0.2) is 81.2 Å². The van der Waals surface area contributed by atoms with Crippen LogP contribution in [0.1, 0.15) is 25.7 Å². The maximum Gasteiger partial charge on any atom is 0.224 e. The second-order valence-electron chi connectivity index (χ2n) is 10.6. The third-order valence-corrected chi connectivity index (χ3v) is 10.1. The Morgan fingerprint density at radius 3 is 1.88 bits per heavy atom. The molecule has 0 aromatic carbocycles. The number of imidazole rings is 2. The fourth-order valence-corrected chi connectivity index (χ4v) is 7.21. The van der Waals surface area contributed by atoms with Gasteiger partial charge in [-0.2, -0.15) is 19.9 Å². The Hall–Kier alpha value is -2.95. The van der Waals surface area contributed by atoms with Gasteiger partial charge in [-0.3, -0.25) is 0 Å². The number of anilines is 3. The van der Waals surface area contributed by atoms with Gasteiger partial charge in [-0.15, -0.1) is 0 Å². The highest BCUT2D eigenvalue weighted by atomic mass is 35.5. The van der Waals surface area contributed by atoms with Gasteiger partial charge in [0.1, 0.15) is 29.9 Å². The average Bonchev–Trinajstić information content (AvgIpc) is 3.67. The molecular weight excluding hydrogens is 626 g/mol. The minimum absolute atomic E-state index is 0. The maximum atomic E-state index is 12.1. The molecule has 6 rings (SSSR count). The van der Waals surface area contributed by atoms with Gasteiger partial charge in [0, 0.05) is 0 Å². The van der Waals surface area contributed by atoms with Crippen molar-refractivity contribution in [1.29, 1.82) is 0 Å². The van der Waals surface area contributed by atoms with Crippen molar-refractivity contribution in [2.24, 2.45) is 0 Å². The van der Waals surface area contributed by atoms with Crippen LogP contribution in [0.2, 0.25) is 5.15 Å². The van der Waals surface area contributed by atoms with Gasteiger partial charge >= 0.3 is 0 Å². The molecule has 6 heterocycles. The number of quaternary nitrogens is 1. The van der Waals surface area contributed by atoms with Crippen molar-refractivity contribution in [3.8, 4) is 0 Å². The van der Waals surface area contributed by atoms with E-state index in [0.29, 0.717) is 41.8 Å².